The zero-order valence-electron chi connectivity index (χ0n) is 13.3. The van der Waals surface area contributed by atoms with Crippen LogP contribution in [-0.2, 0) is 0 Å². The van der Waals surface area contributed by atoms with Gasteiger partial charge >= 0.3 is 0 Å². The summed E-state index contributed by atoms with van der Waals surface area (Å²) in [5.74, 6) is 1.88. The molecule has 0 bridgehead atoms. The highest BCUT2D eigenvalue weighted by Crippen LogP contribution is 2.24. The summed E-state index contributed by atoms with van der Waals surface area (Å²) in [6.07, 6.45) is 1.46. The molecule has 0 spiro atoms. The Kier molecular flexibility index (Phi) is 3.68. The van der Waals surface area contributed by atoms with Gasteiger partial charge in [0.25, 0.3) is 0 Å². The van der Waals surface area contributed by atoms with Gasteiger partial charge in [-0.15, -0.1) is 5.10 Å². The second-order valence-corrected chi connectivity index (χ2v) is 6.07. The number of aromatic nitrogens is 4. The minimum absolute atomic E-state index is 0.291. The highest BCUT2D eigenvalue weighted by molar-refractivity contribution is 5.88. The van der Waals surface area contributed by atoms with E-state index in [4.69, 9.17) is 0 Å². The maximum absolute atomic E-state index is 13.3. The summed E-state index contributed by atoms with van der Waals surface area (Å²) in [4.78, 5) is 10.6. The van der Waals surface area contributed by atoms with Crippen LogP contribution in [0.1, 0.15) is 5.69 Å². The number of fused-ring (bicyclic) bond motifs is 1. The van der Waals surface area contributed by atoms with Crippen LogP contribution >= 0.6 is 0 Å². The molecule has 24 heavy (non-hydrogen) atoms. The standard InChI is InChI=1S/C17H17FN6/c1-11-2-5-16(23-22-11)24-8-12(9-24)7-19-17-14-4-3-13(18)6-15(14)20-10-21-17/h2-6,10,12H,7-9H2,1H3,(H,19,20,21). The maximum Gasteiger partial charge on any atom is 0.151 e. The van der Waals surface area contributed by atoms with E-state index in [0.717, 1.165) is 42.4 Å². The first-order valence-corrected chi connectivity index (χ1v) is 7.88. The highest BCUT2D eigenvalue weighted by Gasteiger charge is 2.27. The van der Waals surface area contributed by atoms with Crippen LogP contribution in [0, 0.1) is 18.7 Å². The number of halogens is 1. The third-order valence-electron chi connectivity index (χ3n) is 4.22. The first kappa shape index (κ1) is 14.7. The molecule has 122 valence electrons. The molecular formula is C17H17FN6. The summed E-state index contributed by atoms with van der Waals surface area (Å²) >= 11 is 0. The molecule has 0 saturated carbocycles. The lowest BCUT2D eigenvalue weighted by atomic mass is 10.00. The zero-order valence-corrected chi connectivity index (χ0v) is 13.3. The summed E-state index contributed by atoms with van der Waals surface area (Å²) < 4.78 is 13.3. The van der Waals surface area contributed by atoms with E-state index in [1.54, 1.807) is 6.07 Å². The van der Waals surface area contributed by atoms with Crippen LogP contribution in [0.2, 0.25) is 0 Å². The minimum atomic E-state index is -0.291. The Hall–Kier alpha value is -2.83. The molecular weight excluding hydrogens is 307 g/mol. The number of nitrogens with one attached hydrogen (secondary N) is 1. The van der Waals surface area contributed by atoms with E-state index in [0.29, 0.717) is 11.4 Å². The number of aryl methyl sites for hydroxylation is 1. The molecule has 3 aromatic rings. The Balaban J connectivity index is 1.38. The van der Waals surface area contributed by atoms with Gasteiger partial charge in [0.1, 0.15) is 18.0 Å². The molecule has 1 saturated heterocycles. The van der Waals surface area contributed by atoms with Crippen LogP contribution in [0.25, 0.3) is 10.9 Å². The third kappa shape index (κ3) is 2.84. The molecule has 0 atom stereocenters. The van der Waals surface area contributed by atoms with E-state index in [1.807, 2.05) is 19.1 Å². The van der Waals surface area contributed by atoms with Gasteiger partial charge in [-0.2, -0.15) is 5.10 Å². The molecule has 1 aromatic carbocycles. The Labute approximate surface area is 138 Å². The number of hydrogen-bond acceptors (Lipinski definition) is 6. The van der Waals surface area contributed by atoms with Crippen molar-refractivity contribution in [3.63, 3.8) is 0 Å². The Morgan fingerprint density at radius 2 is 2.04 bits per heavy atom. The van der Waals surface area contributed by atoms with Crippen LogP contribution < -0.4 is 10.2 Å². The van der Waals surface area contributed by atoms with E-state index in [1.165, 1.54) is 18.5 Å². The SMILES string of the molecule is Cc1ccc(N2CC(CNc3ncnc4cc(F)ccc34)C2)nn1. The van der Waals surface area contributed by atoms with Gasteiger partial charge in [-0.25, -0.2) is 14.4 Å². The lowest BCUT2D eigenvalue weighted by Crippen LogP contribution is -2.50. The smallest absolute Gasteiger partial charge is 0.151 e. The molecule has 1 fully saturated rings. The molecule has 1 N–H and O–H groups in total. The molecule has 6 nitrogen and oxygen atoms in total. The fourth-order valence-corrected chi connectivity index (χ4v) is 2.86. The lowest BCUT2D eigenvalue weighted by Gasteiger charge is -2.40. The van der Waals surface area contributed by atoms with Gasteiger partial charge in [0, 0.05) is 37.0 Å². The molecule has 1 aliphatic rings. The first-order valence-electron chi connectivity index (χ1n) is 7.88. The Morgan fingerprint density at radius 1 is 1.17 bits per heavy atom. The molecule has 2 aromatic heterocycles. The number of nitrogens with zero attached hydrogens (tertiary/aromatic N) is 5. The van der Waals surface area contributed by atoms with Crippen molar-refractivity contribution in [1.29, 1.82) is 0 Å². The third-order valence-corrected chi connectivity index (χ3v) is 4.22. The second-order valence-electron chi connectivity index (χ2n) is 6.07. The summed E-state index contributed by atoms with van der Waals surface area (Å²) in [6, 6.07) is 8.53. The van der Waals surface area contributed by atoms with Crippen LogP contribution in [0.4, 0.5) is 16.0 Å². The minimum Gasteiger partial charge on any atom is -0.369 e. The fraction of sp³-hybridized carbons (Fsp3) is 0.294. The van der Waals surface area contributed by atoms with Crippen molar-refractivity contribution in [1.82, 2.24) is 20.2 Å². The number of anilines is 2. The van der Waals surface area contributed by atoms with E-state index >= 15 is 0 Å². The predicted octanol–water partition coefficient (Wildman–Crippen LogP) is 2.42. The average Bonchev–Trinajstić information content (AvgIpc) is 2.54. The molecule has 3 heterocycles. The number of hydrogen-bond donors (Lipinski definition) is 1. The van der Waals surface area contributed by atoms with Crippen LogP contribution in [0.5, 0.6) is 0 Å². The van der Waals surface area contributed by atoms with Gasteiger partial charge in [0.15, 0.2) is 5.82 Å². The van der Waals surface area contributed by atoms with Gasteiger partial charge in [-0.1, -0.05) is 0 Å². The van der Waals surface area contributed by atoms with E-state index in [2.05, 4.69) is 30.4 Å². The van der Waals surface area contributed by atoms with Crippen molar-refractivity contribution in [3.8, 4) is 0 Å². The highest BCUT2D eigenvalue weighted by atomic mass is 19.1. The van der Waals surface area contributed by atoms with Crippen molar-refractivity contribution >= 4 is 22.5 Å². The molecule has 0 aliphatic carbocycles. The zero-order chi connectivity index (χ0) is 16.5. The molecule has 1 aliphatic heterocycles. The quantitative estimate of drug-likeness (QED) is 0.795. The van der Waals surface area contributed by atoms with Crippen molar-refractivity contribution in [2.45, 2.75) is 6.92 Å². The fourth-order valence-electron chi connectivity index (χ4n) is 2.86. The number of rotatable bonds is 4. The van der Waals surface area contributed by atoms with E-state index in [9.17, 15) is 4.39 Å². The van der Waals surface area contributed by atoms with Crippen LogP contribution in [-0.4, -0.2) is 39.8 Å². The van der Waals surface area contributed by atoms with Crippen molar-refractivity contribution < 1.29 is 4.39 Å². The summed E-state index contributed by atoms with van der Waals surface area (Å²) in [7, 11) is 0. The van der Waals surface area contributed by atoms with E-state index in [-0.39, 0.29) is 5.82 Å². The Bertz CT molecular complexity index is 861. The van der Waals surface area contributed by atoms with Gasteiger partial charge < -0.3 is 10.2 Å². The summed E-state index contributed by atoms with van der Waals surface area (Å²) in [5.41, 5.74) is 1.53. The lowest BCUT2D eigenvalue weighted by molar-refractivity contribution is 0.425. The van der Waals surface area contributed by atoms with Crippen LogP contribution in [0.3, 0.4) is 0 Å². The van der Waals surface area contributed by atoms with Gasteiger partial charge in [0.2, 0.25) is 0 Å². The van der Waals surface area contributed by atoms with Gasteiger partial charge in [-0.3, -0.25) is 0 Å². The summed E-state index contributed by atoms with van der Waals surface area (Å²) in [6.45, 7) is 4.60. The monoisotopic (exact) mass is 324 g/mol. The molecule has 7 heteroatoms. The average molecular weight is 324 g/mol. The maximum atomic E-state index is 13.3. The predicted molar refractivity (Wildman–Crippen MR) is 90.5 cm³/mol. The van der Waals surface area contributed by atoms with E-state index < -0.39 is 0 Å². The van der Waals surface area contributed by atoms with Gasteiger partial charge in [0.05, 0.1) is 11.2 Å². The van der Waals surface area contributed by atoms with Crippen molar-refractivity contribution in [2.24, 2.45) is 5.92 Å². The number of benzene rings is 1. The Morgan fingerprint density at radius 3 is 2.83 bits per heavy atom. The molecule has 0 amide bonds. The largest absolute Gasteiger partial charge is 0.369 e. The molecule has 0 unspecified atom stereocenters. The summed E-state index contributed by atoms with van der Waals surface area (Å²) in [5, 5.41) is 12.5. The molecule has 4 rings (SSSR count). The van der Waals surface area contributed by atoms with Crippen molar-refractivity contribution in [3.05, 3.63) is 48.2 Å². The second kappa shape index (κ2) is 5.99. The first-order chi connectivity index (χ1) is 11.7. The van der Waals surface area contributed by atoms with Gasteiger partial charge in [-0.05, 0) is 31.2 Å². The van der Waals surface area contributed by atoms with Crippen LogP contribution in [0.15, 0.2) is 36.7 Å². The topological polar surface area (TPSA) is 66.8 Å². The van der Waals surface area contributed by atoms with Crippen molar-refractivity contribution in [2.75, 3.05) is 29.9 Å². The normalized spacial score (nSPS) is 14.7. The molecule has 0 radical (unpaired) electrons.